The Hall–Kier alpha value is -1.53. The summed E-state index contributed by atoms with van der Waals surface area (Å²) in [7, 11) is 0. The first-order chi connectivity index (χ1) is 12.5. The number of anilines is 1. The predicted molar refractivity (Wildman–Crippen MR) is 113 cm³/mol. The molecule has 0 spiro atoms. The minimum atomic E-state index is -0.179. The molecule has 3 rings (SSSR count). The Kier molecular flexibility index (Phi) is 6.59. The number of rotatable bonds is 6. The maximum Gasteiger partial charge on any atom is 0.238 e. The second kappa shape index (κ2) is 8.91. The van der Waals surface area contributed by atoms with E-state index in [0.717, 1.165) is 17.0 Å². The first-order valence-electron chi connectivity index (χ1n) is 7.90. The first kappa shape index (κ1) is 19.2. The lowest BCUT2D eigenvalue weighted by Gasteiger charge is -2.10. The molecule has 0 aliphatic heterocycles. The highest BCUT2D eigenvalue weighted by atomic mass is 35.5. The fraction of sp³-hybridized carbons (Fsp3) is 0.158. The lowest BCUT2D eigenvalue weighted by Crippen LogP contribution is -2.22. The Balaban J connectivity index is 1.60. The molecule has 0 aliphatic carbocycles. The molecule has 1 atom stereocenters. The van der Waals surface area contributed by atoms with Gasteiger partial charge in [-0.1, -0.05) is 53.5 Å². The summed E-state index contributed by atoms with van der Waals surface area (Å²) in [5.41, 5.74) is 2.71. The molecule has 134 valence electrons. The maximum absolute atomic E-state index is 12.4. The molecular weight excluding hydrogens is 407 g/mol. The minimum absolute atomic E-state index is 0.0611. The third-order valence-electron chi connectivity index (χ3n) is 3.65. The van der Waals surface area contributed by atoms with E-state index in [-0.39, 0.29) is 11.2 Å². The van der Waals surface area contributed by atoms with Gasteiger partial charge in [-0.25, -0.2) is 4.98 Å². The number of benzene rings is 2. The fourth-order valence-electron chi connectivity index (χ4n) is 2.23. The molecule has 1 aromatic heterocycles. The lowest BCUT2D eigenvalue weighted by atomic mass is 10.2. The first-order valence-corrected chi connectivity index (χ1v) is 10.6. The molecule has 3 aromatic rings. The molecular formula is C19H16Cl2N2OS2. The van der Waals surface area contributed by atoms with Crippen molar-refractivity contribution < 1.29 is 4.79 Å². The summed E-state index contributed by atoms with van der Waals surface area (Å²) in [5.74, 6) is 0.730. The standard InChI is InChI=1S/C19H16Cl2N2OS2/c1-12(25-10-13-5-3-2-4-6-13)18(24)23-19-22-17(11-26-19)15-8-7-14(20)9-16(15)21/h2-9,11-12H,10H2,1H3,(H,22,23,24). The smallest absolute Gasteiger partial charge is 0.238 e. The van der Waals surface area contributed by atoms with E-state index in [0.29, 0.717) is 15.2 Å². The molecule has 2 aromatic carbocycles. The molecule has 1 unspecified atom stereocenters. The van der Waals surface area contributed by atoms with Crippen molar-refractivity contribution in [1.82, 2.24) is 4.98 Å². The van der Waals surface area contributed by atoms with Crippen LogP contribution in [0, 0.1) is 0 Å². The predicted octanol–water partition coefficient (Wildman–Crippen LogP) is 6.38. The molecule has 0 saturated carbocycles. The van der Waals surface area contributed by atoms with Crippen molar-refractivity contribution in [2.24, 2.45) is 0 Å². The average Bonchev–Trinajstić information content (AvgIpc) is 3.08. The molecule has 0 bridgehead atoms. The number of thioether (sulfide) groups is 1. The average molecular weight is 423 g/mol. The van der Waals surface area contributed by atoms with E-state index in [1.165, 1.54) is 16.9 Å². The van der Waals surface area contributed by atoms with Gasteiger partial charge in [0.1, 0.15) is 0 Å². The number of hydrogen-bond acceptors (Lipinski definition) is 4. The summed E-state index contributed by atoms with van der Waals surface area (Å²) in [6, 6.07) is 15.4. The zero-order chi connectivity index (χ0) is 18.5. The summed E-state index contributed by atoms with van der Waals surface area (Å²) in [6.07, 6.45) is 0. The number of thiazole rings is 1. The third kappa shape index (κ3) is 5.01. The van der Waals surface area contributed by atoms with Gasteiger partial charge in [-0.05, 0) is 30.7 Å². The number of aromatic nitrogens is 1. The topological polar surface area (TPSA) is 42.0 Å². The maximum atomic E-state index is 12.4. The van der Waals surface area contributed by atoms with Gasteiger partial charge in [0.25, 0.3) is 0 Å². The summed E-state index contributed by atoms with van der Waals surface area (Å²) in [5, 5.41) is 6.23. The van der Waals surface area contributed by atoms with Crippen LogP contribution in [0.1, 0.15) is 12.5 Å². The van der Waals surface area contributed by atoms with E-state index < -0.39 is 0 Å². The molecule has 26 heavy (non-hydrogen) atoms. The van der Waals surface area contributed by atoms with Crippen LogP contribution in [0.25, 0.3) is 11.3 Å². The number of nitrogens with one attached hydrogen (secondary N) is 1. The molecule has 1 amide bonds. The van der Waals surface area contributed by atoms with Crippen molar-refractivity contribution in [3.63, 3.8) is 0 Å². The summed E-state index contributed by atoms with van der Waals surface area (Å²) in [4.78, 5) is 16.8. The molecule has 0 aliphatic rings. The van der Waals surface area contributed by atoms with Crippen LogP contribution in [0.4, 0.5) is 5.13 Å². The SMILES string of the molecule is CC(SCc1ccccc1)C(=O)Nc1nc(-c2ccc(Cl)cc2Cl)cs1. The van der Waals surface area contributed by atoms with E-state index in [1.54, 1.807) is 23.9 Å². The molecule has 0 fully saturated rings. The molecule has 0 saturated heterocycles. The van der Waals surface area contributed by atoms with E-state index in [1.807, 2.05) is 36.6 Å². The van der Waals surface area contributed by atoms with Gasteiger partial charge in [0, 0.05) is 21.7 Å². The number of carbonyl (C=O) groups excluding carboxylic acids is 1. The molecule has 7 heteroatoms. The van der Waals surface area contributed by atoms with E-state index in [9.17, 15) is 4.79 Å². The van der Waals surface area contributed by atoms with Crippen LogP contribution in [-0.4, -0.2) is 16.1 Å². The summed E-state index contributed by atoms with van der Waals surface area (Å²) in [6.45, 7) is 1.90. The highest BCUT2D eigenvalue weighted by Crippen LogP contribution is 2.32. The van der Waals surface area contributed by atoms with E-state index in [2.05, 4.69) is 22.4 Å². The van der Waals surface area contributed by atoms with Crippen molar-refractivity contribution in [2.75, 3.05) is 5.32 Å². The Morgan fingerprint density at radius 2 is 2.00 bits per heavy atom. The van der Waals surface area contributed by atoms with Crippen molar-refractivity contribution in [3.8, 4) is 11.3 Å². The highest BCUT2D eigenvalue weighted by Gasteiger charge is 2.16. The second-order valence-electron chi connectivity index (χ2n) is 5.59. The number of amides is 1. The molecule has 3 nitrogen and oxygen atoms in total. The van der Waals surface area contributed by atoms with Gasteiger partial charge in [-0.15, -0.1) is 23.1 Å². The van der Waals surface area contributed by atoms with Crippen molar-refractivity contribution in [1.29, 1.82) is 0 Å². The highest BCUT2D eigenvalue weighted by molar-refractivity contribution is 7.99. The molecule has 1 N–H and O–H groups in total. The number of halogens is 2. The normalized spacial score (nSPS) is 12.0. The third-order valence-corrected chi connectivity index (χ3v) is 6.17. The van der Waals surface area contributed by atoms with Gasteiger partial charge in [0.2, 0.25) is 5.91 Å². The molecule has 0 radical (unpaired) electrons. The van der Waals surface area contributed by atoms with Crippen LogP contribution in [0.5, 0.6) is 0 Å². The van der Waals surface area contributed by atoms with Crippen LogP contribution < -0.4 is 5.32 Å². The zero-order valence-electron chi connectivity index (χ0n) is 13.9. The van der Waals surface area contributed by atoms with Crippen LogP contribution in [-0.2, 0) is 10.5 Å². The van der Waals surface area contributed by atoms with Gasteiger partial charge in [-0.2, -0.15) is 0 Å². The second-order valence-corrected chi connectivity index (χ2v) is 8.62. The zero-order valence-corrected chi connectivity index (χ0v) is 17.1. The number of carbonyl (C=O) groups is 1. The lowest BCUT2D eigenvalue weighted by molar-refractivity contribution is -0.115. The Labute approximate surface area is 170 Å². The van der Waals surface area contributed by atoms with Gasteiger partial charge in [0.15, 0.2) is 5.13 Å². The van der Waals surface area contributed by atoms with Crippen LogP contribution in [0.15, 0.2) is 53.9 Å². The Bertz CT molecular complexity index is 900. The van der Waals surface area contributed by atoms with E-state index in [4.69, 9.17) is 23.2 Å². The summed E-state index contributed by atoms with van der Waals surface area (Å²) < 4.78 is 0. The van der Waals surface area contributed by atoms with E-state index >= 15 is 0 Å². The monoisotopic (exact) mass is 422 g/mol. The summed E-state index contributed by atoms with van der Waals surface area (Å²) >= 11 is 15.1. The number of hydrogen-bond donors (Lipinski definition) is 1. The molecule has 1 heterocycles. The van der Waals surface area contributed by atoms with Crippen molar-refractivity contribution >= 4 is 57.3 Å². The van der Waals surface area contributed by atoms with Gasteiger partial charge >= 0.3 is 0 Å². The Morgan fingerprint density at radius 1 is 1.23 bits per heavy atom. The fourth-order valence-corrected chi connectivity index (χ4v) is 4.29. The van der Waals surface area contributed by atoms with Crippen LogP contribution >= 0.6 is 46.3 Å². The minimum Gasteiger partial charge on any atom is -0.301 e. The number of nitrogens with zero attached hydrogens (tertiary/aromatic N) is 1. The largest absolute Gasteiger partial charge is 0.301 e. The van der Waals surface area contributed by atoms with Gasteiger partial charge < -0.3 is 5.32 Å². The van der Waals surface area contributed by atoms with Crippen molar-refractivity contribution in [3.05, 3.63) is 69.5 Å². The van der Waals surface area contributed by atoms with Gasteiger partial charge in [0.05, 0.1) is 16.0 Å². The van der Waals surface area contributed by atoms with Crippen molar-refractivity contribution in [2.45, 2.75) is 17.9 Å². The van der Waals surface area contributed by atoms with Crippen LogP contribution in [0.2, 0.25) is 10.0 Å². The quantitative estimate of drug-likeness (QED) is 0.500. The van der Waals surface area contributed by atoms with Gasteiger partial charge in [-0.3, -0.25) is 4.79 Å². The van der Waals surface area contributed by atoms with Crippen LogP contribution in [0.3, 0.4) is 0 Å². The Morgan fingerprint density at radius 3 is 2.73 bits per heavy atom.